The molecule has 7 aromatic carbocycles. The molecule has 3 heterocycles. The van der Waals surface area contributed by atoms with E-state index in [4.69, 9.17) is 15.0 Å². The first-order valence-electron chi connectivity index (χ1n) is 20.9. The van der Waals surface area contributed by atoms with Crippen molar-refractivity contribution in [2.75, 3.05) is 0 Å². The maximum absolute atomic E-state index is 5.20. The fraction of sp³-hybridized carbons (Fsp3) is 0.0351. The summed E-state index contributed by atoms with van der Waals surface area (Å²) in [4.78, 5) is 15.3. The minimum Gasteiger partial charge on any atom is -0.307 e. The Labute approximate surface area is 361 Å². The smallest absolute Gasteiger partial charge is 0.164 e. The van der Waals surface area contributed by atoms with Crippen molar-refractivity contribution in [3.05, 3.63) is 225 Å². The van der Waals surface area contributed by atoms with Gasteiger partial charge >= 0.3 is 0 Å². The molecule has 0 radical (unpaired) electrons. The monoisotopic (exact) mass is 797 g/mol. The van der Waals surface area contributed by atoms with Gasteiger partial charge in [-0.25, -0.2) is 15.0 Å². The third-order valence-electron chi connectivity index (χ3n) is 11.6. The third-order valence-corrected chi connectivity index (χ3v) is 11.6. The molecule has 0 aliphatic heterocycles. The van der Waals surface area contributed by atoms with Crippen LogP contribution in [0.3, 0.4) is 0 Å². The predicted octanol–water partition coefficient (Wildman–Crippen LogP) is 14.8. The number of rotatable bonds is 10. The van der Waals surface area contributed by atoms with E-state index in [1.807, 2.05) is 36.4 Å². The molecule has 0 saturated heterocycles. The molecule has 0 amide bonds. The van der Waals surface area contributed by atoms with Crippen LogP contribution in [0, 0.1) is 0 Å². The van der Waals surface area contributed by atoms with Crippen molar-refractivity contribution in [3.8, 4) is 45.3 Å². The summed E-state index contributed by atoms with van der Waals surface area (Å²) in [6.07, 6.45) is 11.9. The van der Waals surface area contributed by atoms with Gasteiger partial charge in [-0.2, -0.15) is 0 Å². The Balaban J connectivity index is 1.40. The van der Waals surface area contributed by atoms with Gasteiger partial charge in [-0.05, 0) is 61.4 Å². The molecule has 0 bridgehead atoms. The van der Waals surface area contributed by atoms with Gasteiger partial charge in [0.1, 0.15) is 0 Å². The number of fused-ring (bicyclic) bond motifs is 7. The van der Waals surface area contributed by atoms with Crippen molar-refractivity contribution >= 4 is 54.8 Å². The summed E-state index contributed by atoms with van der Waals surface area (Å²) in [5, 5.41) is 4.75. The number of hydrogen-bond acceptors (Lipinski definition) is 3. The number of nitrogens with zero attached hydrogens (tertiary/aromatic N) is 5. The summed E-state index contributed by atoms with van der Waals surface area (Å²) >= 11 is 0. The molecule has 0 spiro atoms. The van der Waals surface area contributed by atoms with Crippen LogP contribution in [0.15, 0.2) is 213 Å². The lowest BCUT2D eigenvalue weighted by molar-refractivity contribution is 1.04. The van der Waals surface area contributed by atoms with Gasteiger partial charge in [0, 0.05) is 55.1 Å². The van der Waals surface area contributed by atoms with Crippen LogP contribution in [0.2, 0.25) is 0 Å². The second-order valence-electron chi connectivity index (χ2n) is 15.2. The van der Waals surface area contributed by atoms with Crippen molar-refractivity contribution in [1.82, 2.24) is 24.1 Å². The van der Waals surface area contributed by atoms with E-state index >= 15 is 0 Å². The van der Waals surface area contributed by atoms with Crippen LogP contribution in [0.1, 0.15) is 25.2 Å². The Hall–Kier alpha value is -8.15. The van der Waals surface area contributed by atoms with Crippen molar-refractivity contribution < 1.29 is 0 Å². The Morgan fingerprint density at radius 3 is 1.66 bits per heavy atom. The summed E-state index contributed by atoms with van der Waals surface area (Å²) in [5.74, 6) is 1.65. The fourth-order valence-corrected chi connectivity index (χ4v) is 8.87. The average molecular weight is 798 g/mol. The molecule has 0 unspecified atom stereocenters. The molecular weight excluding hydrogens is 755 g/mol. The van der Waals surface area contributed by atoms with Crippen LogP contribution in [0.5, 0.6) is 0 Å². The van der Waals surface area contributed by atoms with Crippen molar-refractivity contribution in [3.63, 3.8) is 0 Å². The van der Waals surface area contributed by atoms with Crippen LogP contribution >= 0.6 is 0 Å². The second-order valence-corrected chi connectivity index (χ2v) is 15.2. The summed E-state index contributed by atoms with van der Waals surface area (Å²) in [5.41, 5.74) is 13.4. The minimum atomic E-state index is 0.522. The zero-order valence-electron chi connectivity index (χ0n) is 34.7. The molecule has 296 valence electrons. The molecule has 3 aromatic heterocycles. The molecule has 0 saturated carbocycles. The molecule has 5 nitrogen and oxygen atoms in total. The number of benzene rings is 7. The lowest BCUT2D eigenvalue weighted by Crippen LogP contribution is -2.06. The summed E-state index contributed by atoms with van der Waals surface area (Å²) in [7, 11) is 0. The van der Waals surface area contributed by atoms with Gasteiger partial charge in [0.15, 0.2) is 17.5 Å². The topological polar surface area (TPSA) is 48.5 Å². The van der Waals surface area contributed by atoms with E-state index < -0.39 is 0 Å². The van der Waals surface area contributed by atoms with E-state index in [-0.39, 0.29) is 0 Å². The van der Waals surface area contributed by atoms with Crippen LogP contribution in [-0.4, -0.2) is 24.1 Å². The second kappa shape index (κ2) is 16.1. The highest BCUT2D eigenvalue weighted by molar-refractivity contribution is 6.24. The molecule has 0 fully saturated rings. The van der Waals surface area contributed by atoms with E-state index in [2.05, 4.69) is 188 Å². The molecule has 0 aliphatic rings. The van der Waals surface area contributed by atoms with Gasteiger partial charge in [0.05, 0.1) is 27.8 Å². The molecule has 0 aliphatic carbocycles. The van der Waals surface area contributed by atoms with E-state index in [0.29, 0.717) is 17.5 Å². The van der Waals surface area contributed by atoms with Gasteiger partial charge in [0.25, 0.3) is 0 Å². The van der Waals surface area contributed by atoms with Crippen molar-refractivity contribution in [2.45, 2.75) is 13.8 Å². The number of aromatic nitrogens is 5. The van der Waals surface area contributed by atoms with Gasteiger partial charge < -0.3 is 9.13 Å². The van der Waals surface area contributed by atoms with Crippen molar-refractivity contribution in [2.24, 2.45) is 0 Å². The Kier molecular flexibility index (Phi) is 9.91. The van der Waals surface area contributed by atoms with Crippen LogP contribution < -0.4 is 0 Å². The first-order valence-corrected chi connectivity index (χ1v) is 20.9. The molecule has 0 atom stereocenters. The largest absolute Gasteiger partial charge is 0.307 e. The van der Waals surface area contributed by atoms with E-state index in [1.54, 1.807) is 12.2 Å². The molecule has 10 aromatic rings. The highest BCUT2D eigenvalue weighted by Gasteiger charge is 2.26. The highest BCUT2D eigenvalue weighted by atomic mass is 15.1. The number of hydrogen-bond donors (Lipinski definition) is 0. The maximum Gasteiger partial charge on any atom is 0.164 e. The lowest BCUT2D eigenvalue weighted by Gasteiger charge is -2.22. The van der Waals surface area contributed by atoms with Gasteiger partial charge in [-0.15, -0.1) is 0 Å². The normalized spacial score (nSPS) is 12.3. The predicted molar refractivity (Wildman–Crippen MR) is 262 cm³/mol. The zero-order chi connectivity index (χ0) is 42.2. The van der Waals surface area contributed by atoms with E-state index in [1.165, 1.54) is 21.5 Å². The number of allylic oxidation sites excluding steroid dienone is 8. The lowest BCUT2D eigenvalue weighted by atomic mass is 9.92. The molecular formula is C57H43N5. The average Bonchev–Trinajstić information content (AvgIpc) is 3.86. The Morgan fingerprint density at radius 1 is 0.516 bits per heavy atom. The van der Waals surface area contributed by atoms with Gasteiger partial charge in [0.2, 0.25) is 0 Å². The summed E-state index contributed by atoms with van der Waals surface area (Å²) < 4.78 is 4.95. The molecule has 10 rings (SSSR count). The minimum absolute atomic E-state index is 0.522. The first-order chi connectivity index (χ1) is 30.6. The summed E-state index contributed by atoms with van der Waals surface area (Å²) in [6, 6.07) is 58.1. The maximum atomic E-state index is 5.20. The first kappa shape index (κ1) is 38.1. The SMILES string of the molecule is C=C/C=C(\C=C)c1nc(-c2ccccc2)nc(-c2cc(C(/C=C\C)=C/C)c(-n3c4ccccc4c4ccc5c6ccccc6n(-c6ccccc6)c5c43)c(-c3ccccc3)c2)n1. The van der Waals surface area contributed by atoms with Crippen molar-refractivity contribution in [1.29, 1.82) is 0 Å². The zero-order valence-corrected chi connectivity index (χ0v) is 34.7. The summed E-state index contributed by atoms with van der Waals surface area (Å²) in [6.45, 7) is 12.2. The Morgan fingerprint density at radius 2 is 1.06 bits per heavy atom. The van der Waals surface area contributed by atoms with Crippen LogP contribution in [0.4, 0.5) is 0 Å². The highest BCUT2D eigenvalue weighted by Crippen LogP contribution is 2.46. The van der Waals surface area contributed by atoms with Gasteiger partial charge in [-0.3, -0.25) is 0 Å². The Bertz CT molecular complexity index is 3440. The third kappa shape index (κ3) is 6.39. The van der Waals surface area contributed by atoms with Gasteiger partial charge in [-0.1, -0.05) is 177 Å². The van der Waals surface area contributed by atoms with Crippen LogP contribution in [0.25, 0.3) is 100 Å². The van der Waals surface area contributed by atoms with E-state index in [9.17, 15) is 0 Å². The molecule has 5 heteroatoms. The van der Waals surface area contributed by atoms with Crippen LogP contribution in [-0.2, 0) is 0 Å². The quantitative estimate of drug-likeness (QED) is 0.130. The standard InChI is InChI=1S/C57H43N5/c1-5-22-38(7-3)48-36-42(57-59-55(39(8-4)23-6-2)58-56(60-57)41-26-14-10-15-27-41)37-49(40-24-12-9-13-25-40)52(48)62-51-33-21-19-31-45(51)47-35-34-46-44-30-18-20-32-50(44)61(53(46)54(47)62)43-28-16-11-17-29-43/h5-37H,2,4H2,1,3H3/b22-5-,38-7+,39-23+. The molecule has 62 heavy (non-hydrogen) atoms. The fourth-order valence-electron chi connectivity index (χ4n) is 8.87. The molecule has 0 N–H and O–H groups in total. The van der Waals surface area contributed by atoms with E-state index in [0.717, 1.165) is 72.4 Å². The number of para-hydroxylation sites is 3.